The quantitative estimate of drug-likeness (QED) is 0.316. The van der Waals surface area contributed by atoms with E-state index in [0.29, 0.717) is 18.5 Å². The number of ether oxygens (including phenoxy) is 3. The molecular formula is C20H27NO7. The molecule has 0 radical (unpaired) electrons. The first-order valence-corrected chi connectivity index (χ1v) is 9.57. The Kier molecular flexibility index (Phi) is 5.63. The molecule has 0 aromatic carbocycles. The van der Waals surface area contributed by atoms with Crippen LogP contribution in [-0.4, -0.2) is 71.5 Å². The Balaban J connectivity index is 1.64. The molecule has 0 aromatic rings. The summed E-state index contributed by atoms with van der Waals surface area (Å²) < 4.78 is 16.0. The predicted molar refractivity (Wildman–Crippen MR) is 98.0 cm³/mol. The average molecular weight is 393 g/mol. The molecule has 0 unspecified atom stereocenters. The molecule has 0 bridgehead atoms. The number of carbonyl (C=O) groups is 3. The molecular weight excluding hydrogens is 366 g/mol. The summed E-state index contributed by atoms with van der Waals surface area (Å²) in [5.41, 5.74) is -0.624. The van der Waals surface area contributed by atoms with E-state index in [0.717, 1.165) is 12.1 Å². The van der Waals surface area contributed by atoms with Crippen molar-refractivity contribution in [2.75, 3.05) is 19.7 Å². The fraction of sp³-hybridized carbons (Fsp3) is 0.650. The normalized spacial score (nSPS) is 35.4. The number of allylic oxidation sites excluding steroid dienone is 1. The van der Waals surface area contributed by atoms with Crippen molar-refractivity contribution in [3.8, 4) is 0 Å². The zero-order valence-electron chi connectivity index (χ0n) is 16.6. The summed E-state index contributed by atoms with van der Waals surface area (Å²) in [6.07, 6.45) is 3.08. The van der Waals surface area contributed by atoms with Crippen LogP contribution in [-0.2, 0) is 28.6 Å². The molecule has 8 nitrogen and oxygen atoms in total. The molecule has 3 heterocycles. The minimum atomic E-state index is -2.00. The van der Waals surface area contributed by atoms with Crippen LogP contribution in [0.15, 0.2) is 23.3 Å². The van der Waals surface area contributed by atoms with Gasteiger partial charge in [-0.15, -0.1) is 0 Å². The van der Waals surface area contributed by atoms with Gasteiger partial charge >= 0.3 is 17.9 Å². The Bertz CT molecular complexity index is 743. The summed E-state index contributed by atoms with van der Waals surface area (Å²) in [5, 5.41) is 10.7. The molecule has 8 heteroatoms. The first-order chi connectivity index (χ1) is 13.2. The maximum atomic E-state index is 12.5. The van der Waals surface area contributed by atoms with Gasteiger partial charge in [-0.05, 0) is 39.7 Å². The molecule has 28 heavy (non-hydrogen) atoms. The molecule has 2 saturated heterocycles. The third-order valence-electron chi connectivity index (χ3n) is 6.05. The van der Waals surface area contributed by atoms with Crippen LogP contribution < -0.4 is 0 Å². The zero-order valence-corrected chi connectivity index (χ0v) is 16.6. The maximum absolute atomic E-state index is 12.5. The van der Waals surface area contributed by atoms with Gasteiger partial charge in [0.25, 0.3) is 0 Å². The van der Waals surface area contributed by atoms with Crippen LogP contribution in [0.2, 0.25) is 0 Å². The fourth-order valence-electron chi connectivity index (χ4n) is 3.98. The van der Waals surface area contributed by atoms with Gasteiger partial charge in [0, 0.05) is 18.7 Å². The number of rotatable bonds is 5. The molecule has 0 spiro atoms. The molecule has 0 saturated carbocycles. The molecule has 0 aromatic heterocycles. The second-order valence-corrected chi connectivity index (χ2v) is 7.63. The van der Waals surface area contributed by atoms with E-state index in [1.807, 2.05) is 6.08 Å². The van der Waals surface area contributed by atoms with Crippen molar-refractivity contribution in [1.82, 2.24) is 4.90 Å². The van der Waals surface area contributed by atoms with Crippen LogP contribution in [0.3, 0.4) is 0 Å². The van der Waals surface area contributed by atoms with Gasteiger partial charge in [0.05, 0.1) is 12.0 Å². The molecule has 5 atom stereocenters. The Hall–Kier alpha value is -2.19. The monoisotopic (exact) mass is 393 g/mol. The van der Waals surface area contributed by atoms with E-state index < -0.39 is 29.6 Å². The van der Waals surface area contributed by atoms with E-state index >= 15 is 0 Å². The van der Waals surface area contributed by atoms with E-state index in [1.165, 1.54) is 13.8 Å². The highest BCUT2D eigenvalue weighted by Gasteiger charge is 2.59. The first kappa shape index (κ1) is 20.5. The van der Waals surface area contributed by atoms with Crippen LogP contribution >= 0.6 is 0 Å². The van der Waals surface area contributed by atoms with Crippen molar-refractivity contribution >= 4 is 17.9 Å². The highest BCUT2D eigenvalue weighted by Crippen LogP contribution is 2.35. The lowest BCUT2D eigenvalue weighted by Crippen LogP contribution is -2.50. The second kappa shape index (κ2) is 7.67. The summed E-state index contributed by atoms with van der Waals surface area (Å²) in [4.78, 5) is 38.5. The second-order valence-electron chi connectivity index (χ2n) is 7.63. The molecule has 1 N–H and O–H groups in total. The smallest absolute Gasteiger partial charge is 0.343 e. The van der Waals surface area contributed by atoms with Gasteiger partial charge in [0.1, 0.15) is 18.8 Å². The molecule has 3 aliphatic rings. The SMILES string of the molecule is CC=C(C)C(=O)O[C@@H]1CCN2CC=C(COC(=O)[C@]3(O)[C@H](C)C(=O)O[C@@H]3C)[C@H]12. The van der Waals surface area contributed by atoms with Crippen LogP contribution in [0.4, 0.5) is 0 Å². The summed E-state index contributed by atoms with van der Waals surface area (Å²) in [6, 6.07) is -0.146. The minimum Gasteiger partial charge on any atom is -0.459 e. The number of nitrogens with zero attached hydrogens (tertiary/aromatic N) is 1. The number of hydrogen-bond donors (Lipinski definition) is 1. The molecule has 0 amide bonds. The predicted octanol–water partition coefficient (Wildman–Crippen LogP) is 0.734. The number of aliphatic hydroxyl groups is 1. The Morgan fingerprint density at radius 1 is 1.43 bits per heavy atom. The number of hydrogen-bond acceptors (Lipinski definition) is 8. The molecule has 0 aliphatic carbocycles. The van der Waals surface area contributed by atoms with Gasteiger partial charge in [-0.25, -0.2) is 9.59 Å². The van der Waals surface area contributed by atoms with E-state index in [9.17, 15) is 19.5 Å². The van der Waals surface area contributed by atoms with E-state index in [4.69, 9.17) is 14.2 Å². The van der Waals surface area contributed by atoms with Crippen LogP contribution in [0.1, 0.15) is 34.1 Å². The van der Waals surface area contributed by atoms with Crippen molar-refractivity contribution in [2.45, 2.75) is 58.0 Å². The Labute approximate surface area is 164 Å². The van der Waals surface area contributed by atoms with E-state index in [-0.39, 0.29) is 24.7 Å². The standard InChI is InChI=1S/C20H27NO7/c1-5-11(2)17(22)28-15-7-9-21-8-6-14(16(15)21)10-26-19(24)20(25)12(3)18(23)27-13(20)4/h5-6,12-13,15-16,25H,7-10H2,1-4H3/t12-,13-,15-,16-,20+/m1/s1. The maximum Gasteiger partial charge on any atom is 0.343 e. The summed E-state index contributed by atoms with van der Waals surface area (Å²) in [7, 11) is 0. The summed E-state index contributed by atoms with van der Waals surface area (Å²) in [6.45, 7) is 7.83. The number of fused-ring (bicyclic) bond motifs is 1. The molecule has 3 rings (SSSR count). The molecule has 154 valence electrons. The number of carbonyl (C=O) groups excluding carboxylic acids is 3. The van der Waals surface area contributed by atoms with Crippen LogP contribution in [0.25, 0.3) is 0 Å². The fourth-order valence-corrected chi connectivity index (χ4v) is 3.98. The minimum absolute atomic E-state index is 0.0351. The lowest BCUT2D eigenvalue weighted by atomic mass is 9.87. The summed E-state index contributed by atoms with van der Waals surface area (Å²) >= 11 is 0. The lowest BCUT2D eigenvalue weighted by Gasteiger charge is -2.27. The van der Waals surface area contributed by atoms with Gasteiger partial charge in [-0.3, -0.25) is 9.69 Å². The topological polar surface area (TPSA) is 102 Å². The van der Waals surface area contributed by atoms with Gasteiger partial charge < -0.3 is 19.3 Å². The third-order valence-corrected chi connectivity index (χ3v) is 6.05. The van der Waals surface area contributed by atoms with Gasteiger partial charge in [0.15, 0.2) is 0 Å². The van der Waals surface area contributed by atoms with Gasteiger partial charge in [0.2, 0.25) is 5.60 Å². The Morgan fingerprint density at radius 3 is 2.75 bits per heavy atom. The lowest BCUT2D eigenvalue weighted by molar-refractivity contribution is -0.173. The largest absolute Gasteiger partial charge is 0.459 e. The highest BCUT2D eigenvalue weighted by atomic mass is 16.6. The summed E-state index contributed by atoms with van der Waals surface area (Å²) in [5.74, 6) is -2.85. The van der Waals surface area contributed by atoms with Gasteiger partial charge in [-0.1, -0.05) is 12.2 Å². The van der Waals surface area contributed by atoms with Crippen molar-refractivity contribution in [3.05, 3.63) is 23.3 Å². The van der Waals surface area contributed by atoms with Crippen molar-refractivity contribution < 1.29 is 33.7 Å². The van der Waals surface area contributed by atoms with Crippen molar-refractivity contribution in [3.63, 3.8) is 0 Å². The van der Waals surface area contributed by atoms with Crippen LogP contribution in [0, 0.1) is 5.92 Å². The number of esters is 3. The van der Waals surface area contributed by atoms with E-state index in [1.54, 1.807) is 19.9 Å². The third kappa shape index (κ3) is 3.35. The van der Waals surface area contributed by atoms with Crippen molar-refractivity contribution in [2.24, 2.45) is 5.92 Å². The van der Waals surface area contributed by atoms with Crippen molar-refractivity contribution in [1.29, 1.82) is 0 Å². The van der Waals surface area contributed by atoms with E-state index in [2.05, 4.69) is 4.90 Å². The van der Waals surface area contributed by atoms with Gasteiger partial charge in [-0.2, -0.15) is 0 Å². The van der Waals surface area contributed by atoms with Crippen LogP contribution in [0.5, 0.6) is 0 Å². The highest BCUT2D eigenvalue weighted by molar-refractivity contribution is 5.91. The molecule has 3 aliphatic heterocycles. The zero-order chi connectivity index (χ0) is 20.6. The first-order valence-electron chi connectivity index (χ1n) is 9.57. The molecule has 2 fully saturated rings. The number of cyclic esters (lactones) is 1. The average Bonchev–Trinajstić information content (AvgIpc) is 3.31. The Morgan fingerprint density at radius 2 is 2.14 bits per heavy atom.